The molecule has 0 aliphatic rings. The number of carbonyl (C=O) groups excluding carboxylic acids is 1. The molecule has 0 aromatic heterocycles. The number of hydrogen-bond donors (Lipinski definition) is 0. The van der Waals surface area contributed by atoms with Crippen LogP contribution < -0.4 is 0 Å². The topological polar surface area (TPSA) is 17.1 Å². The normalized spacial score (nSPS) is 1.00. The van der Waals surface area contributed by atoms with Crippen molar-refractivity contribution >= 4 is 52.3 Å². The van der Waals surface area contributed by atoms with Crippen LogP contribution in [0.4, 0.5) is 0 Å². The number of carbonyl (C=O) groups is 1. The van der Waals surface area contributed by atoms with Crippen LogP contribution in [0.1, 0.15) is 0 Å². The molecular formula is CH4OSrTi. The van der Waals surface area contributed by atoms with Gasteiger partial charge in [0, 0.05) is 21.7 Å². The van der Waals surface area contributed by atoms with E-state index in [0.29, 0.717) is 0 Å². The molecule has 0 radical (unpaired) electrons. The van der Waals surface area contributed by atoms with Gasteiger partial charge < -0.3 is 4.79 Å². The van der Waals surface area contributed by atoms with Crippen LogP contribution in [0.3, 0.4) is 0 Å². The summed E-state index contributed by atoms with van der Waals surface area (Å²) in [5.74, 6) is 0. The molecule has 0 atom stereocenters. The molecule has 0 rings (SSSR count). The van der Waals surface area contributed by atoms with Crippen molar-refractivity contribution in [2.45, 2.75) is 0 Å². The summed E-state index contributed by atoms with van der Waals surface area (Å²) >= 11 is 0. The third-order valence-electron chi connectivity index (χ3n) is 0. The van der Waals surface area contributed by atoms with Gasteiger partial charge in [0.1, 0.15) is 6.79 Å². The molecule has 0 unspecified atom stereocenters. The molecule has 0 saturated carbocycles. The van der Waals surface area contributed by atoms with Crippen molar-refractivity contribution in [3.8, 4) is 0 Å². The maximum Gasteiger partial charge on any atom is 0 e. The molecule has 1 nitrogen and oxygen atoms in total. The first-order valence-corrected chi connectivity index (χ1v) is 0.289. The van der Waals surface area contributed by atoms with Gasteiger partial charge in [-0.05, 0) is 0 Å². The number of hydrogen-bond acceptors (Lipinski definition) is 1. The molecule has 20 valence electrons. The van der Waals surface area contributed by atoms with E-state index in [2.05, 4.69) is 0 Å². The summed E-state index contributed by atoms with van der Waals surface area (Å²) in [4.78, 5) is 8.00. The van der Waals surface area contributed by atoms with E-state index < -0.39 is 0 Å². The summed E-state index contributed by atoms with van der Waals surface area (Å²) in [7, 11) is 0. The van der Waals surface area contributed by atoms with E-state index in [9.17, 15) is 0 Å². The zero-order chi connectivity index (χ0) is 2.00. The van der Waals surface area contributed by atoms with Crippen LogP contribution in [-0.4, -0.2) is 52.3 Å². The SMILES string of the molecule is C=O.[SrH2].[Ti]. The van der Waals surface area contributed by atoms with Gasteiger partial charge in [-0.15, -0.1) is 0 Å². The van der Waals surface area contributed by atoms with Crippen molar-refractivity contribution in [1.29, 1.82) is 0 Å². The Kier molecular flexibility index (Phi) is 88.3. The second kappa shape index (κ2) is 20.9. The molecule has 3 heteroatoms. The molecule has 0 aromatic rings. The van der Waals surface area contributed by atoms with Crippen LogP contribution in [0.25, 0.3) is 0 Å². The summed E-state index contributed by atoms with van der Waals surface area (Å²) in [6.07, 6.45) is 0. The quantitative estimate of drug-likeness (QED) is 0.419. The van der Waals surface area contributed by atoms with E-state index in [0.717, 1.165) is 0 Å². The Balaban J connectivity index is -0.00000000500. The second-order valence-corrected chi connectivity index (χ2v) is 0. The smallest absolute Gasteiger partial charge is 0 e. The van der Waals surface area contributed by atoms with Crippen molar-refractivity contribution in [3.63, 3.8) is 0 Å². The fourth-order valence-corrected chi connectivity index (χ4v) is 0. The van der Waals surface area contributed by atoms with Crippen molar-refractivity contribution in [2.75, 3.05) is 0 Å². The Morgan fingerprint density at radius 2 is 1.25 bits per heavy atom. The van der Waals surface area contributed by atoms with Crippen LogP contribution in [0.5, 0.6) is 0 Å². The van der Waals surface area contributed by atoms with E-state index in [-0.39, 0.29) is 67.2 Å². The predicted octanol–water partition coefficient (Wildman–Crippen LogP) is -1.10. The molecular weight excluding hydrogens is 163 g/mol. The maximum atomic E-state index is 8.00. The molecule has 0 heterocycles. The van der Waals surface area contributed by atoms with Gasteiger partial charge in [-0.2, -0.15) is 0 Å². The van der Waals surface area contributed by atoms with Crippen LogP contribution in [-0.2, 0) is 26.5 Å². The molecule has 0 aliphatic heterocycles. The van der Waals surface area contributed by atoms with Gasteiger partial charge in [-0.3, -0.25) is 0 Å². The summed E-state index contributed by atoms with van der Waals surface area (Å²) in [5.41, 5.74) is 0. The minimum atomic E-state index is 0. The minimum absolute atomic E-state index is 0. The molecule has 0 amide bonds. The average molecular weight is 168 g/mol. The van der Waals surface area contributed by atoms with Gasteiger partial charge >= 0.3 is 45.5 Å². The zero-order valence-electron chi connectivity index (χ0n) is 1.62. The van der Waals surface area contributed by atoms with Crippen LogP contribution in [0, 0.1) is 0 Å². The monoisotopic (exact) mass is 168 g/mol. The first-order valence-electron chi connectivity index (χ1n) is 0.289. The fraction of sp³-hybridized carbons (Fsp3) is 0. The summed E-state index contributed by atoms with van der Waals surface area (Å²) < 4.78 is 0. The number of rotatable bonds is 0. The maximum absolute atomic E-state index is 8.00. The van der Waals surface area contributed by atoms with Crippen molar-refractivity contribution < 1.29 is 26.5 Å². The van der Waals surface area contributed by atoms with E-state index in [1.165, 1.54) is 0 Å². The first-order chi connectivity index (χ1) is 1.00. The third-order valence-corrected chi connectivity index (χ3v) is 0. The molecule has 0 saturated heterocycles. The minimum Gasteiger partial charge on any atom is 0 e. The van der Waals surface area contributed by atoms with E-state index in [1.54, 1.807) is 0 Å². The molecule has 0 aliphatic carbocycles. The van der Waals surface area contributed by atoms with Crippen molar-refractivity contribution in [3.05, 3.63) is 0 Å². The Morgan fingerprint density at radius 1 is 1.25 bits per heavy atom. The van der Waals surface area contributed by atoms with Gasteiger partial charge in [0.2, 0.25) is 0 Å². The van der Waals surface area contributed by atoms with Gasteiger partial charge in [-0.25, -0.2) is 0 Å². The summed E-state index contributed by atoms with van der Waals surface area (Å²) in [6.45, 7) is 2.00. The molecule has 4 heavy (non-hydrogen) atoms. The Hall–Kier alpha value is 1.86. The Morgan fingerprint density at radius 3 is 1.25 bits per heavy atom. The van der Waals surface area contributed by atoms with Crippen molar-refractivity contribution in [1.82, 2.24) is 0 Å². The van der Waals surface area contributed by atoms with Crippen LogP contribution in [0.2, 0.25) is 0 Å². The molecule has 0 fully saturated rings. The van der Waals surface area contributed by atoms with Crippen molar-refractivity contribution in [2.24, 2.45) is 0 Å². The largest absolute Gasteiger partial charge is 0 e. The second-order valence-electron chi connectivity index (χ2n) is 0. The third kappa shape index (κ3) is 9.12. The van der Waals surface area contributed by atoms with Gasteiger partial charge in [0.05, 0.1) is 0 Å². The molecule has 0 spiro atoms. The average Bonchev–Trinajstić information content (AvgIpc) is 1.00. The Labute approximate surface area is 77.3 Å². The van der Waals surface area contributed by atoms with Gasteiger partial charge in [-0.1, -0.05) is 0 Å². The van der Waals surface area contributed by atoms with E-state index >= 15 is 0 Å². The molecule has 0 bridgehead atoms. The van der Waals surface area contributed by atoms with Crippen LogP contribution >= 0.6 is 0 Å². The summed E-state index contributed by atoms with van der Waals surface area (Å²) in [6, 6.07) is 0. The van der Waals surface area contributed by atoms with E-state index in [1.807, 2.05) is 6.79 Å². The van der Waals surface area contributed by atoms with E-state index in [4.69, 9.17) is 4.79 Å². The zero-order valence-corrected chi connectivity index (χ0v) is 3.18. The fourth-order valence-electron chi connectivity index (χ4n) is 0. The Bertz CT molecular complexity index is 8.00. The predicted molar refractivity (Wildman–Crippen MR) is 15.7 cm³/mol. The standard InChI is InChI=1S/CH2O.Sr.Ti.2H/c1-2;;;;/h1H2;;;;. The van der Waals surface area contributed by atoms with Gasteiger partial charge in [0.15, 0.2) is 0 Å². The molecule has 0 aromatic carbocycles. The van der Waals surface area contributed by atoms with Crippen LogP contribution in [0.15, 0.2) is 0 Å². The van der Waals surface area contributed by atoms with Gasteiger partial charge in [0.25, 0.3) is 0 Å². The first kappa shape index (κ1) is 16.9. The summed E-state index contributed by atoms with van der Waals surface area (Å²) in [5, 5.41) is 0. The molecule has 0 N–H and O–H groups in total.